The molecule has 0 atom stereocenters. The van der Waals surface area contributed by atoms with Crippen molar-refractivity contribution in [3.63, 3.8) is 0 Å². The van der Waals surface area contributed by atoms with Crippen LogP contribution in [0.5, 0.6) is 11.5 Å². The average Bonchev–Trinajstić information content (AvgIpc) is 2.80. The van der Waals surface area contributed by atoms with Crippen LogP contribution >= 0.6 is 0 Å². The van der Waals surface area contributed by atoms with Gasteiger partial charge in [-0.25, -0.2) is 9.97 Å². The molecule has 0 spiro atoms. The molecule has 7 heteroatoms. The fourth-order valence-electron chi connectivity index (χ4n) is 2.17. The summed E-state index contributed by atoms with van der Waals surface area (Å²) in [6.45, 7) is 0. The van der Waals surface area contributed by atoms with Gasteiger partial charge in [-0.15, -0.1) is 0 Å². The van der Waals surface area contributed by atoms with E-state index < -0.39 is 0 Å². The SMILES string of the molecule is COc1ccc2c(nc(N)c3cnc(N)n32)c1OC. The highest BCUT2D eigenvalue weighted by molar-refractivity contribution is 5.90. The van der Waals surface area contributed by atoms with Crippen LogP contribution in [0.4, 0.5) is 11.8 Å². The van der Waals surface area contributed by atoms with E-state index in [-0.39, 0.29) is 0 Å². The lowest BCUT2D eigenvalue weighted by molar-refractivity contribution is 0.358. The molecule has 19 heavy (non-hydrogen) atoms. The Hall–Kier alpha value is -2.70. The summed E-state index contributed by atoms with van der Waals surface area (Å²) in [7, 11) is 3.12. The Morgan fingerprint density at radius 3 is 2.58 bits per heavy atom. The second-order valence-corrected chi connectivity index (χ2v) is 4.00. The number of ether oxygens (including phenoxy) is 2. The van der Waals surface area contributed by atoms with E-state index in [1.807, 2.05) is 6.07 Å². The van der Waals surface area contributed by atoms with E-state index in [1.54, 1.807) is 30.9 Å². The highest BCUT2D eigenvalue weighted by Crippen LogP contribution is 2.36. The van der Waals surface area contributed by atoms with Crippen LogP contribution in [0, 0.1) is 0 Å². The van der Waals surface area contributed by atoms with Crippen molar-refractivity contribution in [2.45, 2.75) is 0 Å². The fraction of sp³-hybridized carbons (Fsp3) is 0.167. The predicted octanol–water partition coefficient (Wildman–Crippen LogP) is 1.06. The maximum Gasteiger partial charge on any atom is 0.205 e. The summed E-state index contributed by atoms with van der Waals surface area (Å²) in [6.07, 6.45) is 1.59. The number of rotatable bonds is 2. The van der Waals surface area contributed by atoms with Crippen LogP contribution in [-0.2, 0) is 0 Å². The van der Waals surface area contributed by atoms with Crippen molar-refractivity contribution in [2.24, 2.45) is 0 Å². The monoisotopic (exact) mass is 259 g/mol. The summed E-state index contributed by atoms with van der Waals surface area (Å²) in [5, 5.41) is 0. The first-order chi connectivity index (χ1) is 9.17. The number of nitrogens with zero attached hydrogens (tertiary/aromatic N) is 3. The van der Waals surface area contributed by atoms with Gasteiger partial charge in [0.15, 0.2) is 11.5 Å². The number of nitrogens with two attached hydrogens (primary N) is 2. The van der Waals surface area contributed by atoms with Crippen molar-refractivity contribution in [1.82, 2.24) is 14.4 Å². The number of anilines is 2. The number of fused-ring (bicyclic) bond motifs is 3. The van der Waals surface area contributed by atoms with Crippen molar-refractivity contribution >= 4 is 28.3 Å². The molecule has 0 saturated carbocycles. The number of benzene rings is 1. The molecule has 0 aliphatic rings. The molecule has 2 aromatic heterocycles. The van der Waals surface area contributed by atoms with Crippen LogP contribution in [0.25, 0.3) is 16.6 Å². The maximum absolute atomic E-state index is 5.93. The van der Waals surface area contributed by atoms with Crippen LogP contribution in [0.3, 0.4) is 0 Å². The van der Waals surface area contributed by atoms with Gasteiger partial charge in [-0.1, -0.05) is 0 Å². The van der Waals surface area contributed by atoms with Crippen molar-refractivity contribution < 1.29 is 9.47 Å². The van der Waals surface area contributed by atoms with Gasteiger partial charge in [-0.3, -0.25) is 4.40 Å². The number of hydrogen-bond donors (Lipinski definition) is 2. The molecule has 0 radical (unpaired) electrons. The first kappa shape index (κ1) is 11.4. The van der Waals surface area contributed by atoms with Crippen LogP contribution in [-0.4, -0.2) is 28.6 Å². The topological polar surface area (TPSA) is 101 Å². The van der Waals surface area contributed by atoms with Gasteiger partial charge in [0.2, 0.25) is 5.95 Å². The van der Waals surface area contributed by atoms with Crippen LogP contribution in [0.1, 0.15) is 0 Å². The predicted molar refractivity (Wildman–Crippen MR) is 72.4 cm³/mol. The number of hydrogen-bond acceptors (Lipinski definition) is 6. The zero-order chi connectivity index (χ0) is 13.6. The van der Waals surface area contributed by atoms with E-state index in [0.717, 1.165) is 5.52 Å². The van der Waals surface area contributed by atoms with E-state index in [1.165, 1.54) is 0 Å². The minimum Gasteiger partial charge on any atom is -0.493 e. The molecule has 3 aromatic rings. The summed E-state index contributed by atoms with van der Waals surface area (Å²) in [5.41, 5.74) is 13.8. The van der Waals surface area contributed by atoms with Crippen molar-refractivity contribution in [1.29, 1.82) is 0 Å². The minimum absolute atomic E-state index is 0.336. The van der Waals surface area contributed by atoms with Gasteiger partial charge in [-0.05, 0) is 12.1 Å². The Bertz CT molecular complexity index is 781. The molecule has 0 amide bonds. The first-order valence-corrected chi connectivity index (χ1v) is 5.60. The van der Waals surface area contributed by atoms with E-state index >= 15 is 0 Å². The number of methoxy groups -OCH3 is 2. The molecule has 2 heterocycles. The van der Waals surface area contributed by atoms with E-state index in [0.29, 0.717) is 34.3 Å². The molecule has 3 rings (SSSR count). The van der Waals surface area contributed by atoms with Crippen molar-refractivity contribution in [2.75, 3.05) is 25.7 Å². The molecular weight excluding hydrogens is 246 g/mol. The Kier molecular flexibility index (Phi) is 2.34. The van der Waals surface area contributed by atoms with Crippen molar-refractivity contribution in [3.8, 4) is 11.5 Å². The summed E-state index contributed by atoms with van der Waals surface area (Å²) in [6, 6.07) is 3.63. The molecule has 98 valence electrons. The molecule has 1 aromatic carbocycles. The normalized spacial score (nSPS) is 11.1. The first-order valence-electron chi connectivity index (χ1n) is 5.60. The average molecular weight is 259 g/mol. The fourth-order valence-corrected chi connectivity index (χ4v) is 2.17. The Morgan fingerprint density at radius 1 is 1.11 bits per heavy atom. The highest BCUT2D eigenvalue weighted by atomic mass is 16.5. The molecule has 0 fully saturated rings. The van der Waals surface area contributed by atoms with Gasteiger partial charge in [-0.2, -0.15) is 0 Å². The third-order valence-corrected chi connectivity index (χ3v) is 3.02. The van der Waals surface area contributed by atoms with E-state index in [2.05, 4.69) is 9.97 Å². The molecule has 0 aliphatic carbocycles. The third-order valence-electron chi connectivity index (χ3n) is 3.02. The Labute approximate surface area is 108 Å². The summed E-state index contributed by atoms with van der Waals surface area (Å²) in [5.74, 6) is 1.78. The quantitative estimate of drug-likeness (QED) is 0.713. The second-order valence-electron chi connectivity index (χ2n) is 4.00. The largest absolute Gasteiger partial charge is 0.493 e. The molecule has 0 unspecified atom stereocenters. The number of nitrogen functional groups attached to an aromatic ring is 2. The zero-order valence-electron chi connectivity index (χ0n) is 10.5. The summed E-state index contributed by atoms with van der Waals surface area (Å²) >= 11 is 0. The molecule has 0 aliphatic heterocycles. The van der Waals surface area contributed by atoms with Gasteiger partial charge in [0.1, 0.15) is 16.9 Å². The molecular formula is C12H13N5O2. The number of imidazole rings is 1. The Morgan fingerprint density at radius 2 is 1.89 bits per heavy atom. The van der Waals surface area contributed by atoms with Gasteiger partial charge in [0.05, 0.1) is 25.9 Å². The molecule has 0 bridgehead atoms. The van der Waals surface area contributed by atoms with E-state index in [4.69, 9.17) is 20.9 Å². The van der Waals surface area contributed by atoms with Crippen LogP contribution in [0.15, 0.2) is 18.3 Å². The molecule has 0 saturated heterocycles. The van der Waals surface area contributed by atoms with Gasteiger partial charge < -0.3 is 20.9 Å². The van der Waals surface area contributed by atoms with Crippen LogP contribution < -0.4 is 20.9 Å². The molecule has 7 nitrogen and oxygen atoms in total. The standard InChI is InChI=1S/C12H13N5O2/c1-18-8-4-3-6-9(10(8)19-2)16-11(13)7-5-15-12(14)17(6)7/h3-5H,1-2H3,(H2,13,16)(H2,14,15). The second kappa shape index (κ2) is 3.91. The maximum atomic E-state index is 5.93. The smallest absolute Gasteiger partial charge is 0.205 e. The summed E-state index contributed by atoms with van der Waals surface area (Å²) in [4.78, 5) is 8.41. The summed E-state index contributed by atoms with van der Waals surface area (Å²) < 4.78 is 12.3. The lowest BCUT2D eigenvalue weighted by Gasteiger charge is -2.12. The van der Waals surface area contributed by atoms with Crippen LogP contribution in [0.2, 0.25) is 0 Å². The van der Waals surface area contributed by atoms with E-state index in [9.17, 15) is 0 Å². The minimum atomic E-state index is 0.336. The Balaban J connectivity index is 2.55. The lowest BCUT2D eigenvalue weighted by Crippen LogP contribution is -2.03. The third kappa shape index (κ3) is 1.44. The highest BCUT2D eigenvalue weighted by Gasteiger charge is 2.16. The van der Waals surface area contributed by atoms with Gasteiger partial charge in [0.25, 0.3) is 0 Å². The number of aromatic nitrogens is 3. The lowest BCUT2D eigenvalue weighted by atomic mass is 10.2. The van der Waals surface area contributed by atoms with Crippen molar-refractivity contribution in [3.05, 3.63) is 18.3 Å². The van der Waals surface area contributed by atoms with Gasteiger partial charge >= 0.3 is 0 Å². The zero-order valence-corrected chi connectivity index (χ0v) is 10.5. The molecule has 4 N–H and O–H groups in total. The van der Waals surface area contributed by atoms with Gasteiger partial charge in [0, 0.05) is 0 Å².